The Bertz CT molecular complexity index is 1250. The maximum atomic E-state index is 12.3. The first kappa shape index (κ1) is 19.7. The number of aromatic amines is 1. The molecule has 0 aliphatic rings. The first-order valence-electron chi connectivity index (χ1n) is 9.39. The fourth-order valence-corrected chi connectivity index (χ4v) is 3.14. The number of para-hydroxylation sites is 2. The molecule has 0 aliphatic heterocycles. The maximum absolute atomic E-state index is 12.3. The van der Waals surface area contributed by atoms with Gasteiger partial charge in [0.15, 0.2) is 0 Å². The molecule has 6 nitrogen and oxygen atoms in total. The lowest BCUT2D eigenvalue weighted by Crippen LogP contribution is -2.16. The number of ether oxygens (including phenoxy) is 1. The summed E-state index contributed by atoms with van der Waals surface area (Å²) in [6, 6.07) is 21.3. The van der Waals surface area contributed by atoms with Gasteiger partial charge in [-0.15, -0.1) is 0 Å². The van der Waals surface area contributed by atoms with Gasteiger partial charge >= 0.3 is 0 Å². The van der Waals surface area contributed by atoms with Crippen LogP contribution >= 0.6 is 11.6 Å². The molecule has 4 aromatic rings. The van der Waals surface area contributed by atoms with Gasteiger partial charge in [-0.2, -0.15) is 0 Å². The third-order valence-electron chi connectivity index (χ3n) is 4.45. The number of nitrogens with zero attached hydrogens (tertiary/aromatic N) is 1. The minimum atomic E-state index is -0.204. The molecular formula is C23H18ClN3O3. The predicted molar refractivity (Wildman–Crippen MR) is 117 cm³/mol. The second kappa shape index (κ2) is 8.80. The number of rotatable bonds is 6. The van der Waals surface area contributed by atoms with Gasteiger partial charge < -0.3 is 15.0 Å². The van der Waals surface area contributed by atoms with Gasteiger partial charge in [-0.25, -0.2) is 4.98 Å². The Kier molecular flexibility index (Phi) is 5.77. The fraction of sp³-hybridized carbons (Fsp3) is 0.0870. The number of carbonyl (C=O) groups is 1. The minimum absolute atomic E-state index is 0.175. The van der Waals surface area contributed by atoms with E-state index in [0.29, 0.717) is 45.4 Å². The summed E-state index contributed by atoms with van der Waals surface area (Å²) in [5.41, 5.74) is 1.06. The van der Waals surface area contributed by atoms with Gasteiger partial charge in [0, 0.05) is 18.5 Å². The molecule has 0 saturated heterocycles. The van der Waals surface area contributed by atoms with Crippen LogP contribution in [0.3, 0.4) is 0 Å². The highest BCUT2D eigenvalue weighted by Gasteiger charge is 2.08. The molecule has 0 saturated carbocycles. The fourth-order valence-electron chi connectivity index (χ4n) is 2.97. The van der Waals surface area contributed by atoms with Crippen molar-refractivity contribution in [2.45, 2.75) is 12.8 Å². The van der Waals surface area contributed by atoms with Crippen molar-refractivity contribution in [3.8, 4) is 11.5 Å². The Morgan fingerprint density at radius 2 is 1.73 bits per heavy atom. The average molecular weight is 420 g/mol. The number of amides is 1. The van der Waals surface area contributed by atoms with E-state index in [1.165, 1.54) is 0 Å². The third-order valence-corrected chi connectivity index (χ3v) is 4.77. The van der Waals surface area contributed by atoms with Gasteiger partial charge in [0.05, 0.1) is 15.9 Å². The number of nitrogens with one attached hydrogen (secondary N) is 2. The molecule has 0 fully saturated rings. The summed E-state index contributed by atoms with van der Waals surface area (Å²) in [5.74, 6) is 1.48. The van der Waals surface area contributed by atoms with Crippen molar-refractivity contribution in [1.82, 2.24) is 9.97 Å². The Morgan fingerprint density at radius 1 is 1.00 bits per heavy atom. The third kappa shape index (κ3) is 4.67. The predicted octanol–water partition coefficient (Wildman–Crippen LogP) is 4.94. The van der Waals surface area contributed by atoms with Crippen LogP contribution in [0.15, 0.2) is 77.6 Å². The Labute approximate surface area is 177 Å². The van der Waals surface area contributed by atoms with Gasteiger partial charge in [0.1, 0.15) is 17.3 Å². The van der Waals surface area contributed by atoms with Crippen LogP contribution in [0.5, 0.6) is 11.5 Å². The summed E-state index contributed by atoms with van der Waals surface area (Å²) in [5, 5.41) is 3.88. The molecule has 0 aliphatic carbocycles. The van der Waals surface area contributed by atoms with E-state index >= 15 is 0 Å². The van der Waals surface area contributed by atoms with E-state index < -0.39 is 0 Å². The molecule has 0 radical (unpaired) electrons. The minimum Gasteiger partial charge on any atom is -0.456 e. The molecule has 2 N–H and O–H groups in total. The summed E-state index contributed by atoms with van der Waals surface area (Å²) < 4.78 is 5.73. The number of H-pyrrole nitrogens is 1. The number of hydrogen-bond donors (Lipinski definition) is 2. The van der Waals surface area contributed by atoms with E-state index in [4.69, 9.17) is 16.3 Å². The smallest absolute Gasteiger partial charge is 0.258 e. The lowest BCUT2D eigenvalue weighted by molar-refractivity contribution is -0.116. The van der Waals surface area contributed by atoms with Crippen LogP contribution in [0.4, 0.5) is 5.69 Å². The summed E-state index contributed by atoms with van der Waals surface area (Å²) in [7, 11) is 0. The lowest BCUT2D eigenvalue weighted by atomic mass is 10.2. The summed E-state index contributed by atoms with van der Waals surface area (Å²) >= 11 is 6.09. The Balaban J connectivity index is 1.35. The van der Waals surface area contributed by atoms with Gasteiger partial charge in [-0.05, 0) is 48.5 Å². The van der Waals surface area contributed by atoms with Crippen LogP contribution in [0, 0.1) is 0 Å². The second-order valence-electron chi connectivity index (χ2n) is 6.63. The highest BCUT2D eigenvalue weighted by atomic mass is 35.5. The lowest BCUT2D eigenvalue weighted by Gasteiger charge is -2.09. The molecular weight excluding hydrogens is 402 g/mol. The standard InChI is InChI=1S/C23H18ClN3O3/c24-18-6-2-4-8-20(18)30-16-11-9-15(10-12-16)25-22(28)14-13-21-26-19-7-3-1-5-17(19)23(29)27-21/h1-12H,13-14H2,(H,25,28)(H,26,27,29). The largest absolute Gasteiger partial charge is 0.456 e. The molecule has 150 valence electrons. The molecule has 1 amide bonds. The van der Waals surface area contributed by atoms with Crippen LogP contribution < -0.4 is 15.6 Å². The number of aryl methyl sites for hydroxylation is 1. The summed E-state index contributed by atoms with van der Waals surface area (Å²) in [4.78, 5) is 31.5. The molecule has 30 heavy (non-hydrogen) atoms. The summed E-state index contributed by atoms with van der Waals surface area (Å²) in [6.45, 7) is 0. The van der Waals surface area contributed by atoms with Crippen LogP contribution in [0.25, 0.3) is 10.9 Å². The van der Waals surface area contributed by atoms with Crippen LogP contribution in [-0.2, 0) is 11.2 Å². The second-order valence-corrected chi connectivity index (χ2v) is 7.04. The van der Waals surface area contributed by atoms with E-state index in [1.807, 2.05) is 18.2 Å². The molecule has 0 bridgehead atoms. The SMILES string of the molecule is O=C(CCc1nc2ccccc2c(=O)[nH]1)Nc1ccc(Oc2ccccc2Cl)cc1. The number of fused-ring (bicyclic) bond motifs is 1. The van der Waals surface area contributed by atoms with E-state index in [-0.39, 0.29) is 17.9 Å². The number of anilines is 1. The molecule has 0 spiro atoms. The summed E-state index contributed by atoms with van der Waals surface area (Å²) in [6.07, 6.45) is 0.527. The zero-order valence-corrected chi connectivity index (χ0v) is 16.6. The number of aromatic nitrogens is 2. The van der Waals surface area contributed by atoms with E-state index in [1.54, 1.807) is 54.6 Å². The van der Waals surface area contributed by atoms with Crippen LogP contribution in [0.1, 0.15) is 12.2 Å². The number of halogens is 1. The van der Waals surface area contributed by atoms with Crippen LogP contribution in [-0.4, -0.2) is 15.9 Å². The topological polar surface area (TPSA) is 84.1 Å². The molecule has 4 rings (SSSR count). The van der Waals surface area contributed by atoms with Crippen molar-refractivity contribution in [2.24, 2.45) is 0 Å². The highest BCUT2D eigenvalue weighted by molar-refractivity contribution is 6.32. The van der Waals surface area contributed by atoms with Crippen molar-refractivity contribution in [1.29, 1.82) is 0 Å². The van der Waals surface area contributed by atoms with Crippen molar-refractivity contribution >= 4 is 34.1 Å². The highest BCUT2D eigenvalue weighted by Crippen LogP contribution is 2.29. The normalized spacial score (nSPS) is 10.7. The van der Waals surface area contributed by atoms with E-state index in [0.717, 1.165) is 0 Å². The molecule has 1 heterocycles. The van der Waals surface area contributed by atoms with E-state index in [2.05, 4.69) is 15.3 Å². The van der Waals surface area contributed by atoms with Crippen molar-refractivity contribution < 1.29 is 9.53 Å². The van der Waals surface area contributed by atoms with Gasteiger partial charge in [-0.3, -0.25) is 9.59 Å². The van der Waals surface area contributed by atoms with E-state index in [9.17, 15) is 9.59 Å². The molecule has 7 heteroatoms. The van der Waals surface area contributed by atoms with Crippen molar-refractivity contribution in [3.05, 3.63) is 94.0 Å². The number of hydrogen-bond acceptors (Lipinski definition) is 4. The average Bonchev–Trinajstić information content (AvgIpc) is 2.75. The maximum Gasteiger partial charge on any atom is 0.258 e. The van der Waals surface area contributed by atoms with Crippen molar-refractivity contribution in [3.63, 3.8) is 0 Å². The number of benzene rings is 3. The molecule has 0 atom stereocenters. The monoisotopic (exact) mass is 419 g/mol. The first-order chi connectivity index (χ1) is 14.6. The molecule has 0 unspecified atom stereocenters. The molecule has 3 aromatic carbocycles. The zero-order chi connectivity index (χ0) is 20.9. The van der Waals surface area contributed by atoms with Crippen LogP contribution in [0.2, 0.25) is 5.02 Å². The Morgan fingerprint density at radius 3 is 2.53 bits per heavy atom. The quantitative estimate of drug-likeness (QED) is 0.463. The van der Waals surface area contributed by atoms with Crippen molar-refractivity contribution in [2.75, 3.05) is 5.32 Å². The van der Waals surface area contributed by atoms with Gasteiger partial charge in [0.25, 0.3) is 5.56 Å². The number of carbonyl (C=O) groups excluding carboxylic acids is 1. The first-order valence-corrected chi connectivity index (χ1v) is 9.76. The van der Waals surface area contributed by atoms with Gasteiger partial charge in [-0.1, -0.05) is 35.9 Å². The zero-order valence-electron chi connectivity index (χ0n) is 15.9. The van der Waals surface area contributed by atoms with Gasteiger partial charge in [0.2, 0.25) is 5.91 Å². The Hall–Kier alpha value is -3.64. The molecule has 1 aromatic heterocycles.